The van der Waals surface area contributed by atoms with Crippen LogP contribution in [0.1, 0.15) is 18.1 Å². The van der Waals surface area contributed by atoms with Crippen molar-refractivity contribution in [1.82, 2.24) is 0 Å². The molecule has 3 aromatic rings. The second kappa shape index (κ2) is 8.67. The molecule has 1 aliphatic rings. The minimum atomic E-state index is -5.17. The Hall–Kier alpha value is -3.40. The number of halogens is 7. The van der Waals surface area contributed by atoms with Crippen LogP contribution in [0.3, 0.4) is 0 Å². The van der Waals surface area contributed by atoms with Crippen molar-refractivity contribution in [3.63, 3.8) is 0 Å². The van der Waals surface area contributed by atoms with Gasteiger partial charge in [0.1, 0.15) is 5.75 Å². The van der Waals surface area contributed by atoms with Crippen LogP contribution in [0.25, 0.3) is 0 Å². The van der Waals surface area contributed by atoms with Gasteiger partial charge in [-0.15, -0.1) is 0 Å². The van der Waals surface area contributed by atoms with Crippen LogP contribution in [0.4, 0.5) is 49.1 Å². The number of benzene rings is 3. The molecule has 1 amide bonds. The Kier molecular flexibility index (Phi) is 6.12. The van der Waals surface area contributed by atoms with Crippen LogP contribution in [-0.4, -0.2) is 17.6 Å². The number of carbonyl (C=O) groups excluding carboxylic acids is 1. The second-order valence-corrected chi connectivity index (χ2v) is 8.50. The second-order valence-electron chi connectivity index (χ2n) is 8.06. The Morgan fingerprint density at radius 1 is 0.857 bits per heavy atom. The summed E-state index contributed by atoms with van der Waals surface area (Å²) >= 11 is 6.17. The van der Waals surface area contributed by atoms with Crippen molar-refractivity contribution in [2.75, 3.05) is 16.3 Å². The van der Waals surface area contributed by atoms with E-state index in [2.05, 4.69) is 0 Å². The SMILES string of the molecule is CC1CN(c2ccc(O)cc2)c2cc(Cl)ccc2N(c2ccc(C(F)(F)F)cc2C(F)(F)F)C1=O. The molecule has 0 spiro atoms. The van der Waals surface area contributed by atoms with Gasteiger partial charge in [-0.1, -0.05) is 18.5 Å². The smallest absolute Gasteiger partial charge is 0.418 e. The summed E-state index contributed by atoms with van der Waals surface area (Å²) < 4.78 is 81.5. The number of carbonyl (C=O) groups is 1. The maximum absolute atomic E-state index is 14.0. The molecule has 4 nitrogen and oxygen atoms in total. The molecule has 1 atom stereocenters. The molecule has 11 heteroatoms. The number of phenolic OH excluding ortho intramolecular Hbond substituents is 1. The van der Waals surface area contributed by atoms with E-state index in [9.17, 15) is 36.2 Å². The number of fused-ring (bicyclic) bond motifs is 1. The van der Waals surface area contributed by atoms with E-state index in [1.54, 1.807) is 17.0 Å². The summed E-state index contributed by atoms with van der Waals surface area (Å²) in [5.41, 5.74) is -2.98. The summed E-state index contributed by atoms with van der Waals surface area (Å²) in [6.07, 6.45) is -10.2. The first kappa shape index (κ1) is 24.7. The van der Waals surface area contributed by atoms with Gasteiger partial charge >= 0.3 is 12.4 Å². The van der Waals surface area contributed by atoms with Gasteiger partial charge in [0.25, 0.3) is 0 Å². The van der Waals surface area contributed by atoms with Gasteiger partial charge in [0.15, 0.2) is 0 Å². The molecular formula is C24H17ClF6N2O2. The van der Waals surface area contributed by atoms with E-state index < -0.39 is 41.0 Å². The number of phenols is 1. The number of hydrogen-bond acceptors (Lipinski definition) is 3. The largest absolute Gasteiger partial charge is 0.508 e. The topological polar surface area (TPSA) is 43.8 Å². The normalized spacial score (nSPS) is 16.8. The number of hydrogen-bond donors (Lipinski definition) is 1. The molecule has 1 N–H and O–H groups in total. The van der Waals surface area contributed by atoms with Crippen LogP contribution in [0.5, 0.6) is 5.75 Å². The Morgan fingerprint density at radius 3 is 2.09 bits per heavy atom. The average molecular weight is 515 g/mol. The minimum Gasteiger partial charge on any atom is -0.508 e. The van der Waals surface area contributed by atoms with Gasteiger partial charge in [0, 0.05) is 17.3 Å². The van der Waals surface area contributed by atoms with Crippen LogP contribution < -0.4 is 9.80 Å². The van der Waals surface area contributed by atoms with Crippen LogP contribution in [0.15, 0.2) is 60.7 Å². The first-order valence-corrected chi connectivity index (χ1v) is 10.6. The van der Waals surface area contributed by atoms with Gasteiger partial charge in [-0.3, -0.25) is 9.69 Å². The standard InChI is InChI=1S/C24H17ClF6N2O2/c1-13-12-32(16-4-6-17(34)7-5-16)21-11-15(25)3-9-20(21)33(22(13)35)19-8-2-14(23(26,27)28)10-18(19)24(29,30)31/h2-11,13,34H,12H2,1H3. The molecule has 0 radical (unpaired) electrons. The van der Waals surface area contributed by atoms with Crippen molar-refractivity contribution in [2.45, 2.75) is 19.3 Å². The van der Waals surface area contributed by atoms with Crippen LogP contribution in [0, 0.1) is 5.92 Å². The van der Waals surface area contributed by atoms with Gasteiger partial charge in [-0.05, 0) is 60.7 Å². The quantitative estimate of drug-likeness (QED) is 0.359. The summed E-state index contributed by atoms with van der Waals surface area (Å²) in [5.74, 6) is -1.61. The zero-order valence-electron chi connectivity index (χ0n) is 18.0. The van der Waals surface area contributed by atoms with E-state index in [-0.39, 0.29) is 34.8 Å². The van der Waals surface area contributed by atoms with Gasteiger partial charge < -0.3 is 10.0 Å². The van der Waals surface area contributed by atoms with Gasteiger partial charge in [-0.25, -0.2) is 0 Å². The van der Waals surface area contributed by atoms with Crippen molar-refractivity contribution in [2.24, 2.45) is 5.92 Å². The van der Waals surface area contributed by atoms with Crippen molar-refractivity contribution in [1.29, 1.82) is 0 Å². The summed E-state index contributed by atoms with van der Waals surface area (Å²) in [4.78, 5) is 15.9. The highest BCUT2D eigenvalue weighted by Gasteiger charge is 2.42. The fraction of sp³-hybridized carbons (Fsp3) is 0.208. The lowest BCUT2D eigenvalue weighted by Gasteiger charge is -2.29. The summed E-state index contributed by atoms with van der Waals surface area (Å²) in [6, 6.07) is 11.3. The highest BCUT2D eigenvalue weighted by atomic mass is 35.5. The first-order chi connectivity index (χ1) is 16.3. The highest BCUT2D eigenvalue weighted by Crippen LogP contribution is 2.47. The maximum Gasteiger partial charge on any atom is 0.418 e. The van der Waals surface area contributed by atoms with Crippen molar-refractivity contribution >= 4 is 40.3 Å². The Morgan fingerprint density at radius 2 is 1.49 bits per heavy atom. The van der Waals surface area contributed by atoms with Crippen LogP contribution >= 0.6 is 11.6 Å². The number of rotatable bonds is 2. The van der Waals surface area contributed by atoms with E-state index >= 15 is 0 Å². The molecule has 0 fully saturated rings. The molecule has 184 valence electrons. The summed E-state index contributed by atoms with van der Waals surface area (Å²) in [5, 5.41) is 9.87. The number of aromatic hydroxyl groups is 1. The van der Waals surface area contributed by atoms with Crippen LogP contribution in [-0.2, 0) is 17.1 Å². The molecule has 3 aromatic carbocycles. The molecule has 4 rings (SSSR count). The molecule has 0 aliphatic carbocycles. The van der Waals surface area contributed by atoms with Gasteiger partial charge in [-0.2, -0.15) is 26.3 Å². The predicted molar refractivity (Wildman–Crippen MR) is 119 cm³/mol. The molecule has 1 aliphatic heterocycles. The maximum atomic E-state index is 14.0. The molecule has 0 saturated heterocycles. The van der Waals surface area contributed by atoms with Crippen molar-refractivity contribution < 1.29 is 36.2 Å². The minimum absolute atomic E-state index is 0.00546. The van der Waals surface area contributed by atoms with E-state index in [0.717, 1.165) is 4.90 Å². The van der Waals surface area contributed by atoms with E-state index in [1.165, 1.54) is 37.3 Å². The predicted octanol–water partition coefficient (Wildman–Crippen LogP) is 7.54. The van der Waals surface area contributed by atoms with E-state index in [1.807, 2.05) is 0 Å². The number of anilines is 4. The summed E-state index contributed by atoms with van der Waals surface area (Å²) in [6.45, 7) is 1.54. The average Bonchev–Trinajstić information content (AvgIpc) is 2.87. The van der Waals surface area contributed by atoms with Crippen molar-refractivity contribution in [3.05, 3.63) is 76.8 Å². The number of amides is 1. The van der Waals surface area contributed by atoms with Gasteiger partial charge in [0.2, 0.25) is 5.91 Å². The third-order valence-corrected chi connectivity index (χ3v) is 5.83. The van der Waals surface area contributed by atoms with E-state index in [4.69, 9.17) is 11.6 Å². The number of nitrogens with zero attached hydrogens (tertiary/aromatic N) is 2. The molecule has 0 bridgehead atoms. The zero-order chi connectivity index (χ0) is 25.7. The molecule has 1 unspecified atom stereocenters. The number of alkyl halides is 6. The monoisotopic (exact) mass is 514 g/mol. The van der Waals surface area contributed by atoms with E-state index in [0.29, 0.717) is 17.8 Å². The summed E-state index contributed by atoms with van der Waals surface area (Å²) in [7, 11) is 0. The molecule has 1 heterocycles. The fourth-order valence-corrected chi connectivity index (χ4v) is 4.12. The third-order valence-electron chi connectivity index (χ3n) is 5.60. The Bertz CT molecular complexity index is 1270. The molecule has 0 aromatic heterocycles. The fourth-order valence-electron chi connectivity index (χ4n) is 3.95. The lowest BCUT2D eigenvalue weighted by Crippen LogP contribution is -2.34. The Balaban J connectivity index is 1.98. The zero-order valence-corrected chi connectivity index (χ0v) is 18.7. The first-order valence-electron chi connectivity index (χ1n) is 10.3. The molecule has 0 saturated carbocycles. The van der Waals surface area contributed by atoms with Gasteiger partial charge in [0.05, 0.1) is 34.1 Å². The highest BCUT2D eigenvalue weighted by molar-refractivity contribution is 6.31. The molecular weight excluding hydrogens is 498 g/mol. The Labute approximate surface area is 201 Å². The molecule has 35 heavy (non-hydrogen) atoms. The van der Waals surface area contributed by atoms with Crippen molar-refractivity contribution in [3.8, 4) is 5.75 Å². The lowest BCUT2D eigenvalue weighted by atomic mass is 10.0. The van der Waals surface area contributed by atoms with Crippen LogP contribution in [0.2, 0.25) is 5.02 Å². The third kappa shape index (κ3) is 4.75. The lowest BCUT2D eigenvalue weighted by molar-refractivity contribution is -0.142.